The second kappa shape index (κ2) is 8.80. The minimum atomic E-state index is -0.757. The van der Waals surface area contributed by atoms with Crippen LogP contribution in [0.3, 0.4) is 0 Å². The van der Waals surface area contributed by atoms with Crippen LogP contribution in [0.25, 0.3) is 0 Å². The van der Waals surface area contributed by atoms with Gasteiger partial charge in [-0.05, 0) is 115 Å². The van der Waals surface area contributed by atoms with Crippen molar-refractivity contribution < 1.29 is 14.6 Å². The number of rotatable bonds is 7. The van der Waals surface area contributed by atoms with Gasteiger partial charge in [-0.3, -0.25) is 4.79 Å². The van der Waals surface area contributed by atoms with Crippen molar-refractivity contribution in [1.29, 1.82) is 0 Å². The van der Waals surface area contributed by atoms with E-state index >= 15 is 0 Å². The second-order valence-electron chi connectivity index (χ2n) is 10.5. The average Bonchev–Trinajstić information content (AvgIpc) is 2.77. The minimum Gasteiger partial charge on any atom is -0.496 e. The number of carbonyl (C=O) groups is 1. The van der Waals surface area contributed by atoms with E-state index in [0.29, 0.717) is 12.3 Å². The Morgan fingerprint density at radius 1 is 1.00 bits per heavy atom. The van der Waals surface area contributed by atoms with Crippen molar-refractivity contribution in [2.45, 2.75) is 57.8 Å². The molecule has 3 fully saturated rings. The number of hydrogen-bond acceptors (Lipinski definition) is 3. The van der Waals surface area contributed by atoms with E-state index in [4.69, 9.17) is 9.84 Å². The maximum absolute atomic E-state index is 10.8. The summed E-state index contributed by atoms with van der Waals surface area (Å²) in [6.45, 7) is 2.49. The molecule has 32 heavy (non-hydrogen) atoms. The van der Waals surface area contributed by atoms with E-state index in [9.17, 15) is 4.79 Å². The van der Waals surface area contributed by atoms with Gasteiger partial charge in [0.2, 0.25) is 0 Å². The molecule has 6 unspecified atom stereocenters. The van der Waals surface area contributed by atoms with Gasteiger partial charge in [0.25, 0.3) is 0 Å². The SMILES string of the molecule is COc1ccc(Nc2ccc(CCC(=O)O)cc2)cc1C1CC2CC3CC(C)C1C(C3)C2. The molecule has 0 spiro atoms. The molecule has 3 aliphatic rings. The number of carboxylic acids is 1. The Labute approximate surface area is 191 Å². The first kappa shape index (κ1) is 21.4. The van der Waals surface area contributed by atoms with Gasteiger partial charge in [-0.15, -0.1) is 0 Å². The maximum Gasteiger partial charge on any atom is 0.303 e. The van der Waals surface area contributed by atoms with Crippen molar-refractivity contribution in [2.24, 2.45) is 29.6 Å². The molecule has 3 aliphatic carbocycles. The highest BCUT2D eigenvalue weighted by atomic mass is 16.5. The quantitative estimate of drug-likeness (QED) is 0.514. The predicted octanol–water partition coefficient (Wildman–Crippen LogP) is 6.63. The van der Waals surface area contributed by atoms with Crippen LogP contribution >= 0.6 is 0 Å². The van der Waals surface area contributed by atoms with Gasteiger partial charge >= 0.3 is 5.97 Å². The number of benzene rings is 2. The highest BCUT2D eigenvalue weighted by molar-refractivity contribution is 5.67. The third-order valence-electron chi connectivity index (χ3n) is 8.40. The zero-order chi connectivity index (χ0) is 22.2. The number of ether oxygens (including phenoxy) is 1. The van der Waals surface area contributed by atoms with Crippen molar-refractivity contribution in [3.8, 4) is 5.75 Å². The van der Waals surface area contributed by atoms with Crippen molar-refractivity contribution >= 4 is 17.3 Å². The summed E-state index contributed by atoms with van der Waals surface area (Å²) in [5.74, 6) is 5.18. The molecule has 0 heterocycles. The summed E-state index contributed by atoms with van der Waals surface area (Å²) in [5.41, 5.74) is 4.54. The molecule has 4 heteroatoms. The van der Waals surface area contributed by atoms with Crippen molar-refractivity contribution in [3.63, 3.8) is 0 Å². The number of aliphatic carboxylic acids is 1. The molecule has 0 aliphatic heterocycles. The molecular weight excluding hydrogens is 398 g/mol. The number of carboxylic acid groups (broad SMARTS) is 1. The van der Waals surface area contributed by atoms with Gasteiger partial charge in [-0.1, -0.05) is 19.1 Å². The van der Waals surface area contributed by atoms with Crippen LogP contribution in [0.2, 0.25) is 0 Å². The van der Waals surface area contributed by atoms with E-state index in [-0.39, 0.29) is 6.42 Å². The van der Waals surface area contributed by atoms with E-state index in [2.05, 4.69) is 30.4 Å². The highest BCUT2D eigenvalue weighted by Crippen LogP contribution is 2.60. The fourth-order valence-electron chi connectivity index (χ4n) is 7.31. The maximum atomic E-state index is 10.8. The van der Waals surface area contributed by atoms with Gasteiger partial charge in [-0.25, -0.2) is 0 Å². The monoisotopic (exact) mass is 433 g/mol. The van der Waals surface area contributed by atoms with Gasteiger partial charge < -0.3 is 15.2 Å². The molecule has 4 nitrogen and oxygen atoms in total. The largest absolute Gasteiger partial charge is 0.496 e. The summed E-state index contributed by atoms with van der Waals surface area (Å²) in [6, 6.07) is 14.6. The Bertz CT molecular complexity index is 960. The third-order valence-corrected chi connectivity index (χ3v) is 8.40. The van der Waals surface area contributed by atoms with Crippen LogP contribution in [0.1, 0.15) is 62.5 Å². The predicted molar refractivity (Wildman–Crippen MR) is 128 cm³/mol. The average molecular weight is 434 g/mol. The molecule has 2 aromatic rings. The van der Waals surface area contributed by atoms with E-state index in [1.807, 2.05) is 24.3 Å². The highest BCUT2D eigenvalue weighted by Gasteiger charge is 2.49. The minimum absolute atomic E-state index is 0.165. The molecule has 0 amide bonds. The Balaban J connectivity index is 1.38. The number of fused-ring (bicyclic) bond motifs is 2. The number of anilines is 2. The topological polar surface area (TPSA) is 58.6 Å². The fraction of sp³-hybridized carbons (Fsp3) is 0.536. The molecule has 3 saturated carbocycles. The third kappa shape index (κ3) is 4.24. The Morgan fingerprint density at radius 2 is 1.72 bits per heavy atom. The van der Waals surface area contributed by atoms with Gasteiger partial charge in [-0.2, -0.15) is 0 Å². The molecule has 170 valence electrons. The first-order valence-electron chi connectivity index (χ1n) is 12.3. The van der Waals surface area contributed by atoms with Crippen LogP contribution < -0.4 is 10.1 Å². The van der Waals surface area contributed by atoms with Crippen LogP contribution in [-0.2, 0) is 11.2 Å². The van der Waals surface area contributed by atoms with Crippen LogP contribution in [-0.4, -0.2) is 18.2 Å². The first-order valence-corrected chi connectivity index (χ1v) is 12.3. The molecule has 0 aromatic heterocycles. The normalized spacial score (nSPS) is 30.7. The first-order chi connectivity index (χ1) is 15.5. The van der Waals surface area contributed by atoms with Crippen LogP contribution in [0.4, 0.5) is 11.4 Å². The fourth-order valence-corrected chi connectivity index (χ4v) is 7.31. The lowest BCUT2D eigenvalue weighted by molar-refractivity contribution is -0.136. The molecular formula is C28H35NO3. The summed E-state index contributed by atoms with van der Waals surface area (Å²) >= 11 is 0. The van der Waals surface area contributed by atoms with E-state index in [1.165, 1.54) is 37.7 Å². The Hall–Kier alpha value is -2.49. The number of hydrogen-bond donors (Lipinski definition) is 2. The summed E-state index contributed by atoms with van der Waals surface area (Å²) < 4.78 is 5.85. The second-order valence-corrected chi connectivity index (χ2v) is 10.5. The van der Waals surface area contributed by atoms with Crippen molar-refractivity contribution in [1.82, 2.24) is 0 Å². The molecule has 5 rings (SSSR count). The smallest absolute Gasteiger partial charge is 0.303 e. The Kier molecular flexibility index (Phi) is 5.88. The lowest BCUT2D eigenvalue weighted by atomic mass is 9.50. The van der Waals surface area contributed by atoms with Crippen LogP contribution in [0, 0.1) is 29.6 Å². The summed E-state index contributed by atoms with van der Waals surface area (Å²) in [6.07, 6.45) is 7.75. The van der Waals surface area contributed by atoms with Gasteiger partial charge in [0, 0.05) is 17.8 Å². The lowest BCUT2D eigenvalue weighted by Crippen LogP contribution is -2.45. The van der Waals surface area contributed by atoms with Crippen molar-refractivity contribution in [2.75, 3.05) is 12.4 Å². The number of nitrogens with one attached hydrogen (secondary N) is 1. The Morgan fingerprint density at radius 3 is 2.44 bits per heavy atom. The van der Waals surface area contributed by atoms with Crippen LogP contribution in [0.15, 0.2) is 42.5 Å². The molecule has 6 atom stereocenters. The summed E-state index contributed by atoms with van der Waals surface area (Å²) in [4.78, 5) is 10.8. The number of aryl methyl sites for hydroxylation is 1. The van der Waals surface area contributed by atoms with E-state index in [1.54, 1.807) is 7.11 Å². The molecule has 0 radical (unpaired) electrons. The molecule has 2 aromatic carbocycles. The standard InChI is InChI=1S/C28H35NO3/c1-17-11-19-12-20-14-21(13-19)28(17)25(15-20)24-16-23(8-9-26(24)32-2)29-22-6-3-18(4-7-22)5-10-27(30)31/h3-4,6-9,16-17,19-21,25,28-29H,5,10-15H2,1-2H3,(H,30,31). The lowest BCUT2D eigenvalue weighted by Gasteiger charge is -2.55. The molecule has 3 bridgehead atoms. The van der Waals surface area contributed by atoms with Crippen LogP contribution in [0.5, 0.6) is 5.75 Å². The van der Waals surface area contributed by atoms with Crippen molar-refractivity contribution in [3.05, 3.63) is 53.6 Å². The van der Waals surface area contributed by atoms with E-state index in [0.717, 1.165) is 52.3 Å². The van der Waals surface area contributed by atoms with Gasteiger partial charge in [0.15, 0.2) is 0 Å². The number of methoxy groups -OCH3 is 1. The summed E-state index contributed by atoms with van der Waals surface area (Å²) in [7, 11) is 1.80. The van der Waals surface area contributed by atoms with Gasteiger partial charge in [0.1, 0.15) is 5.75 Å². The van der Waals surface area contributed by atoms with Gasteiger partial charge in [0.05, 0.1) is 7.11 Å². The molecule has 2 N–H and O–H groups in total. The zero-order valence-electron chi connectivity index (χ0n) is 19.2. The zero-order valence-corrected chi connectivity index (χ0v) is 19.2. The van der Waals surface area contributed by atoms with E-state index < -0.39 is 5.97 Å². The summed E-state index contributed by atoms with van der Waals surface area (Å²) in [5, 5.41) is 12.4. The molecule has 0 saturated heterocycles.